The molecule has 2 aromatic carbocycles. The fraction of sp³-hybridized carbons (Fsp3) is 0.133. The fourth-order valence-electron chi connectivity index (χ4n) is 1.67. The summed E-state index contributed by atoms with van der Waals surface area (Å²) in [6.45, 7) is 0. The largest absolute Gasteiger partial charge is 0.507 e. The molecule has 0 fully saturated rings. The van der Waals surface area contributed by atoms with Gasteiger partial charge in [0.05, 0.1) is 12.7 Å². The third-order valence-electron chi connectivity index (χ3n) is 2.64. The van der Waals surface area contributed by atoms with Gasteiger partial charge in [-0.05, 0) is 29.8 Å². The highest BCUT2D eigenvalue weighted by Crippen LogP contribution is 2.31. The van der Waals surface area contributed by atoms with Crippen LogP contribution >= 0.6 is 11.8 Å². The molecule has 0 spiro atoms. The number of para-hydroxylation sites is 1. The topological polar surface area (TPSA) is 53.2 Å². The Kier molecular flexibility index (Phi) is 4.32. The number of benzene rings is 2. The third-order valence-corrected chi connectivity index (χ3v) is 3.78. The SMILES string of the molecule is COc1ccc(CSc2ccccc2O)cc1C#N. The van der Waals surface area contributed by atoms with Crippen molar-refractivity contribution in [1.82, 2.24) is 0 Å². The minimum atomic E-state index is 0.279. The van der Waals surface area contributed by atoms with Gasteiger partial charge < -0.3 is 9.84 Å². The quantitative estimate of drug-likeness (QED) is 0.864. The molecule has 0 amide bonds. The lowest BCUT2D eigenvalue weighted by atomic mass is 10.1. The summed E-state index contributed by atoms with van der Waals surface area (Å²) >= 11 is 1.53. The zero-order chi connectivity index (χ0) is 13.7. The Bertz CT molecular complexity index is 620. The normalized spacial score (nSPS) is 9.89. The van der Waals surface area contributed by atoms with E-state index in [1.807, 2.05) is 24.3 Å². The van der Waals surface area contributed by atoms with Gasteiger partial charge in [0.25, 0.3) is 0 Å². The lowest BCUT2D eigenvalue weighted by molar-refractivity contribution is 0.413. The van der Waals surface area contributed by atoms with Gasteiger partial charge in [-0.2, -0.15) is 5.26 Å². The lowest BCUT2D eigenvalue weighted by Crippen LogP contribution is -1.90. The number of rotatable bonds is 4. The van der Waals surface area contributed by atoms with Crippen molar-refractivity contribution >= 4 is 11.8 Å². The minimum absolute atomic E-state index is 0.279. The molecule has 0 radical (unpaired) electrons. The summed E-state index contributed by atoms with van der Waals surface area (Å²) < 4.78 is 5.10. The Morgan fingerprint density at radius 3 is 2.74 bits per heavy atom. The van der Waals surface area contributed by atoms with Crippen LogP contribution in [0.3, 0.4) is 0 Å². The molecule has 0 saturated heterocycles. The predicted octanol–water partition coefficient (Wildman–Crippen LogP) is 3.56. The number of nitrogens with zero attached hydrogens (tertiary/aromatic N) is 1. The van der Waals surface area contributed by atoms with Crippen molar-refractivity contribution in [3.8, 4) is 17.6 Å². The summed E-state index contributed by atoms with van der Waals surface area (Å²) in [5, 5.41) is 18.7. The van der Waals surface area contributed by atoms with Gasteiger partial charge >= 0.3 is 0 Å². The zero-order valence-electron chi connectivity index (χ0n) is 10.5. The molecule has 19 heavy (non-hydrogen) atoms. The van der Waals surface area contributed by atoms with Gasteiger partial charge in [0.1, 0.15) is 17.6 Å². The Morgan fingerprint density at radius 2 is 2.05 bits per heavy atom. The second-order valence-corrected chi connectivity index (χ2v) is 4.92. The van der Waals surface area contributed by atoms with Crippen LogP contribution in [0.4, 0.5) is 0 Å². The van der Waals surface area contributed by atoms with Crippen LogP contribution in [-0.2, 0) is 5.75 Å². The highest BCUT2D eigenvalue weighted by molar-refractivity contribution is 7.98. The van der Waals surface area contributed by atoms with Crippen molar-refractivity contribution in [3.05, 3.63) is 53.6 Å². The molecule has 3 nitrogen and oxygen atoms in total. The molecular formula is C15H13NO2S. The molecule has 0 unspecified atom stereocenters. The smallest absolute Gasteiger partial charge is 0.136 e. The van der Waals surface area contributed by atoms with Crippen LogP contribution in [0, 0.1) is 11.3 Å². The zero-order valence-corrected chi connectivity index (χ0v) is 11.3. The molecular weight excluding hydrogens is 258 g/mol. The maximum atomic E-state index is 9.68. The first kappa shape index (κ1) is 13.3. The number of hydrogen-bond acceptors (Lipinski definition) is 4. The Balaban J connectivity index is 2.13. The van der Waals surface area contributed by atoms with Crippen molar-refractivity contribution in [2.75, 3.05) is 7.11 Å². The van der Waals surface area contributed by atoms with Crippen LogP contribution in [0.15, 0.2) is 47.4 Å². The van der Waals surface area contributed by atoms with E-state index in [0.29, 0.717) is 17.1 Å². The standard InChI is InChI=1S/C15H13NO2S/c1-18-14-7-6-11(8-12(14)9-16)10-19-15-5-3-2-4-13(15)17/h2-8,17H,10H2,1H3. The summed E-state index contributed by atoms with van der Waals surface area (Å²) in [5.41, 5.74) is 1.54. The third kappa shape index (κ3) is 3.21. The highest BCUT2D eigenvalue weighted by atomic mass is 32.2. The molecule has 1 N–H and O–H groups in total. The number of thioether (sulfide) groups is 1. The summed E-state index contributed by atoms with van der Waals surface area (Å²) in [6, 6.07) is 14.8. The minimum Gasteiger partial charge on any atom is -0.507 e. The van der Waals surface area contributed by atoms with Crippen molar-refractivity contribution in [2.45, 2.75) is 10.6 Å². The van der Waals surface area contributed by atoms with Crippen molar-refractivity contribution < 1.29 is 9.84 Å². The van der Waals surface area contributed by atoms with E-state index in [4.69, 9.17) is 10.00 Å². The Morgan fingerprint density at radius 1 is 1.26 bits per heavy atom. The lowest BCUT2D eigenvalue weighted by Gasteiger charge is -2.07. The first-order chi connectivity index (χ1) is 9.24. The molecule has 0 aliphatic heterocycles. The number of nitriles is 1. The van der Waals surface area contributed by atoms with Gasteiger partial charge in [0, 0.05) is 10.6 Å². The van der Waals surface area contributed by atoms with Crippen LogP contribution in [0.1, 0.15) is 11.1 Å². The van der Waals surface area contributed by atoms with Gasteiger partial charge in [-0.15, -0.1) is 11.8 Å². The number of phenolic OH excluding ortho intramolecular Hbond substituents is 1. The highest BCUT2D eigenvalue weighted by Gasteiger charge is 2.05. The Labute approximate surface area is 116 Å². The fourth-order valence-corrected chi connectivity index (χ4v) is 2.57. The van der Waals surface area contributed by atoms with Gasteiger partial charge in [-0.3, -0.25) is 0 Å². The van der Waals surface area contributed by atoms with Gasteiger partial charge in [-0.25, -0.2) is 0 Å². The molecule has 0 aromatic heterocycles. The summed E-state index contributed by atoms with van der Waals surface area (Å²) in [4.78, 5) is 0.830. The molecule has 0 saturated carbocycles. The molecule has 0 bridgehead atoms. The summed E-state index contributed by atoms with van der Waals surface area (Å²) in [5.74, 6) is 1.55. The summed E-state index contributed by atoms with van der Waals surface area (Å²) in [6.07, 6.45) is 0. The average molecular weight is 271 g/mol. The van der Waals surface area contributed by atoms with Crippen molar-refractivity contribution in [3.63, 3.8) is 0 Å². The number of hydrogen-bond donors (Lipinski definition) is 1. The van der Waals surface area contributed by atoms with E-state index in [9.17, 15) is 5.11 Å². The van der Waals surface area contributed by atoms with E-state index in [-0.39, 0.29) is 5.75 Å². The molecule has 4 heteroatoms. The molecule has 0 heterocycles. The van der Waals surface area contributed by atoms with Crippen molar-refractivity contribution in [2.24, 2.45) is 0 Å². The number of phenols is 1. The number of methoxy groups -OCH3 is 1. The van der Waals surface area contributed by atoms with Crippen LogP contribution in [0.5, 0.6) is 11.5 Å². The second kappa shape index (κ2) is 6.17. The first-order valence-electron chi connectivity index (χ1n) is 5.72. The van der Waals surface area contributed by atoms with E-state index in [1.54, 1.807) is 25.3 Å². The van der Waals surface area contributed by atoms with Crippen LogP contribution < -0.4 is 4.74 Å². The van der Waals surface area contributed by atoms with Gasteiger partial charge in [0.2, 0.25) is 0 Å². The first-order valence-corrected chi connectivity index (χ1v) is 6.71. The molecule has 2 rings (SSSR count). The number of ether oxygens (including phenoxy) is 1. The summed E-state index contributed by atoms with van der Waals surface area (Å²) in [7, 11) is 1.55. The predicted molar refractivity (Wildman–Crippen MR) is 75.4 cm³/mol. The van der Waals surface area contributed by atoms with Crippen molar-refractivity contribution in [1.29, 1.82) is 5.26 Å². The Hall–Kier alpha value is -2.12. The number of aromatic hydroxyl groups is 1. The molecule has 0 aliphatic rings. The van der Waals surface area contributed by atoms with E-state index in [0.717, 1.165) is 10.5 Å². The maximum absolute atomic E-state index is 9.68. The average Bonchev–Trinajstić information content (AvgIpc) is 2.46. The van der Waals surface area contributed by atoms with Gasteiger partial charge in [0.15, 0.2) is 0 Å². The molecule has 2 aromatic rings. The second-order valence-electron chi connectivity index (χ2n) is 3.90. The molecule has 0 aliphatic carbocycles. The van der Waals surface area contributed by atoms with Gasteiger partial charge in [-0.1, -0.05) is 18.2 Å². The van der Waals surface area contributed by atoms with E-state index < -0.39 is 0 Å². The monoisotopic (exact) mass is 271 g/mol. The van der Waals surface area contributed by atoms with E-state index >= 15 is 0 Å². The molecule has 96 valence electrons. The van der Waals surface area contributed by atoms with E-state index in [1.165, 1.54) is 11.8 Å². The van der Waals surface area contributed by atoms with E-state index in [2.05, 4.69) is 6.07 Å². The maximum Gasteiger partial charge on any atom is 0.136 e. The van der Waals surface area contributed by atoms with Crippen LogP contribution in [0.25, 0.3) is 0 Å². The molecule has 0 atom stereocenters. The van der Waals surface area contributed by atoms with Crippen LogP contribution in [0.2, 0.25) is 0 Å². The van der Waals surface area contributed by atoms with Crippen LogP contribution in [-0.4, -0.2) is 12.2 Å².